The molecular weight excluding hydrogens is 307 g/mol. The Balaban J connectivity index is 1.57. The molecule has 1 aromatic heterocycles. The molecule has 6 nitrogen and oxygen atoms in total. The molecule has 0 spiro atoms. The molecule has 2 aliphatic heterocycles. The highest BCUT2D eigenvalue weighted by Gasteiger charge is 2.50. The summed E-state index contributed by atoms with van der Waals surface area (Å²) in [4.78, 5) is 0. The van der Waals surface area contributed by atoms with Crippen LogP contribution in [0.1, 0.15) is 47.1 Å². The number of ether oxygens (including phenoxy) is 2. The van der Waals surface area contributed by atoms with E-state index in [1.807, 2.05) is 70.7 Å². The van der Waals surface area contributed by atoms with E-state index in [9.17, 15) is 0 Å². The molecule has 0 unspecified atom stereocenters. The lowest BCUT2D eigenvalue weighted by atomic mass is 9.89. The zero-order chi connectivity index (χ0) is 17.6. The Kier molecular flexibility index (Phi) is 4.41. The van der Waals surface area contributed by atoms with Gasteiger partial charge in [-0.25, -0.2) is 0 Å². The number of hydrogen-bond donors (Lipinski definition) is 0. The first kappa shape index (κ1) is 17.7. The first-order valence-electron chi connectivity index (χ1n) is 8.44. The van der Waals surface area contributed by atoms with Crippen LogP contribution in [0.4, 0.5) is 0 Å². The summed E-state index contributed by atoms with van der Waals surface area (Å²) in [5.41, 5.74) is 0.361. The molecule has 3 heterocycles. The van der Waals surface area contributed by atoms with Crippen molar-refractivity contribution in [3.63, 3.8) is 0 Å². The summed E-state index contributed by atoms with van der Waals surface area (Å²) in [6.45, 7) is 13.3. The summed E-state index contributed by atoms with van der Waals surface area (Å²) in [6, 6.07) is 0. The topological polar surface area (TPSA) is 54.7 Å². The van der Waals surface area contributed by atoms with Crippen molar-refractivity contribution >= 4 is 13.2 Å². The standard InChI is InChI=1S/C17H27BN2O4/c1-15(2)16(3,4)24-18(23-15)8-7-13-9-19-20(10-13)11-14-12-21-17(5,6)22-14/h7-10,14H,11-12H2,1-6H3/b8-7+/t14-/m1/s1. The molecule has 0 aliphatic carbocycles. The molecule has 0 radical (unpaired) electrons. The first-order chi connectivity index (χ1) is 11.1. The van der Waals surface area contributed by atoms with Crippen LogP contribution in [0.5, 0.6) is 0 Å². The second kappa shape index (κ2) is 5.98. The van der Waals surface area contributed by atoms with Crippen LogP contribution in [0.25, 0.3) is 6.08 Å². The van der Waals surface area contributed by atoms with Crippen LogP contribution in [-0.2, 0) is 25.3 Å². The van der Waals surface area contributed by atoms with Gasteiger partial charge < -0.3 is 18.8 Å². The first-order valence-corrected chi connectivity index (χ1v) is 8.44. The minimum Gasteiger partial charge on any atom is -0.400 e. The predicted molar refractivity (Wildman–Crippen MR) is 92.2 cm³/mol. The predicted octanol–water partition coefficient (Wildman–Crippen LogP) is 2.68. The second-order valence-electron chi connectivity index (χ2n) is 7.93. The van der Waals surface area contributed by atoms with Gasteiger partial charge in [-0.15, -0.1) is 0 Å². The summed E-state index contributed by atoms with van der Waals surface area (Å²) in [5, 5.41) is 4.38. The Bertz CT molecular complexity index is 608. The van der Waals surface area contributed by atoms with Gasteiger partial charge in [0.15, 0.2) is 5.79 Å². The Hall–Kier alpha value is -1.15. The fourth-order valence-corrected chi connectivity index (χ4v) is 2.78. The largest absolute Gasteiger partial charge is 0.487 e. The number of hydrogen-bond acceptors (Lipinski definition) is 5. The molecule has 2 aliphatic rings. The van der Waals surface area contributed by atoms with Gasteiger partial charge in [0, 0.05) is 11.8 Å². The molecular formula is C17H27BN2O4. The van der Waals surface area contributed by atoms with E-state index in [4.69, 9.17) is 18.8 Å². The van der Waals surface area contributed by atoms with Gasteiger partial charge in [-0.2, -0.15) is 5.10 Å². The summed E-state index contributed by atoms with van der Waals surface area (Å²) in [6.07, 6.45) is 5.81. The van der Waals surface area contributed by atoms with E-state index >= 15 is 0 Å². The van der Waals surface area contributed by atoms with Gasteiger partial charge in [-0.05, 0) is 41.5 Å². The minimum atomic E-state index is -0.503. The van der Waals surface area contributed by atoms with Crippen molar-refractivity contribution in [2.75, 3.05) is 6.61 Å². The Morgan fingerprint density at radius 3 is 2.46 bits per heavy atom. The van der Waals surface area contributed by atoms with Gasteiger partial charge in [0.1, 0.15) is 6.10 Å². The third kappa shape index (κ3) is 3.74. The highest BCUT2D eigenvalue weighted by Crippen LogP contribution is 2.37. The van der Waals surface area contributed by atoms with Gasteiger partial charge >= 0.3 is 7.12 Å². The van der Waals surface area contributed by atoms with Crippen LogP contribution < -0.4 is 0 Å². The van der Waals surface area contributed by atoms with Crippen molar-refractivity contribution < 1.29 is 18.8 Å². The van der Waals surface area contributed by atoms with Crippen LogP contribution in [0.2, 0.25) is 0 Å². The second-order valence-corrected chi connectivity index (χ2v) is 7.93. The summed E-state index contributed by atoms with van der Waals surface area (Å²) < 4.78 is 25.2. The van der Waals surface area contributed by atoms with Gasteiger partial charge in [0.25, 0.3) is 0 Å². The van der Waals surface area contributed by atoms with E-state index in [-0.39, 0.29) is 24.4 Å². The molecule has 3 rings (SSSR count). The van der Waals surface area contributed by atoms with Crippen molar-refractivity contribution in [3.05, 3.63) is 23.9 Å². The van der Waals surface area contributed by atoms with E-state index in [2.05, 4.69) is 5.10 Å². The Morgan fingerprint density at radius 2 is 1.88 bits per heavy atom. The lowest BCUT2D eigenvalue weighted by Gasteiger charge is -2.32. The normalized spacial score (nSPS) is 28.1. The minimum absolute atomic E-state index is 0.0276. The van der Waals surface area contributed by atoms with Crippen molar-refractivity contribution in [1.29, 1.82) is 0 Å². The Labute approximate surface area is 144 Å². The van der Waals surface area contributed by atoms with E-state index < -0.39 is 5.79 Å². The molecule has 2 saturated heterocycles. The fourth-order valence-electron chi connectivity index (χ4n) is 2.78. The van der Waals surface area contributed by atoms with Crippen molar-refractivity contribution in [2.45, 2.75) is 71.2 Å². The van der Waals surface area contributed by atoms with Crippen LogP contribution in [-0.4, -0.2) is 46.6 Å². The van der Waals surface area contributed by atoms with Gasteiger partial charge in [-0.1, -0.05) is 12.1 Å². The average molecular weight is 334 g/mol. The van der Waals surface area contributed by atoms with Crippen LogP contribution in [0.15, 0.2) is 18.4 Å². The van der Waals surface area contributed by atoms with Crippen LogP contribution in [0, 0.1) is 0 Å². The van der Waals surface area contributed by atoms with Crippen molar-refractivity contribution in [3.8, 4) is 0 Å². The SMILES string of the molecule is CC1(C)OC[C@@H](Cn2cc(/C=C/B3OC(C)(C)C(C)(C)O3)cn2)O1. The average Bonchev–Trinajstić information content (AvgIpc) is 3.06. The molecule has 0 amide bonds. The quantitative estimate of drug-likeness (QED) is 0.793. The number of rotatable bonds is 4. The highest BCUT2D eigenvalue weighted by molar-refractivity contribution is 6.52. The molecule has 132 valence electrons. The monoisotopic (exact) mass is 334 g/mol. The maximum atomic E-state index is 5.95. The van der Waals surface area contributed by atoms with Crippen molar-refractivity contribution in [2.24, 2.45) is 0 Å². The number of nitrogens with zero attached hydrogens (tertiary/aromatic N) is 2. The number of aromatic nitrogens is 2. The molecule has 1 atom stereocenters. The Morgan fingerprint density at radius 1 is 1.21 bits per heavy atom. The molecule has 2 fully saturated rings. The maximum Gasteiger partial charge on any atom is 0.487 e. The fraction of sp³-hybridized carbons (Fsp3) is 0.706. The van der Waals surface area contributed by atoms with Crippen LogP contribution >= 0.6 is 0 Å². The summed E-state index contributed by atoms with van der Waals surface area (Å²) in [7, 11) is -0.342. The van der Waals surface area contributed by atoms with Crippen molar-refractivity contribution in [1.82, 2.24) is 9.78 Å². The molecule has 0 aromatic carbocycles. The lowest BCUT2D eigenvalue weighted by Crippen LogP contribution is -2.41. The van der Waals surface area contributed by atoms with Gasteiger partial charge in [-0.3, -0.25) is 4.68 Å². The van der Waals surface area contributed by atoms with E-state index in [1.54, 1.807) is 0 Å². The van der Waals surface area contributed by atoms with Gasteiger partial charge in [0.2, 0.25) is 0 Å². The molecule has 24 heavy (non-hydrogen) atoms. The van der Waals surface area contributed by atoms with Gasteiger partial charge in [0.05, 0.1) is 30.6 Å². The smallest absolute Gasteiger partial charge is 0.400 e. The zero-order valence-electron chi connectivity index (χ0n) is 15.4. The summed E-state index contributed by atoms with van der Waals surface area (Å²) >= 11 is 0. The molecule has 1 aromatic rings. The summed E-state index contributed by atoms with van der Waals surface area (Å²) in [5.74, 6) is 1.42. The van der Waals surface area contributed by atoms with E-state index in [1.165, 1.54) is 0 Å². The lowest BCUT2D eigenvalue weighted by molar-refractivity contribution is -0.139. The van der Waals surface area contributed by atoms with Crippen LogP contribution in [0.3, 0.4) is 0 Å². The third-order valence-corrected chi connectivity index (χ3v) is 4.83. The molecule has 0 bridgehead atoms. The molecule has 0 N–H and O–H groups in total. The van der Waals surface area contributed by atoms with E-state index in [0.29, 0.717) is 13.2 Å². The highest BCUT2D eigenvalue weighted by atomic mass is 16.7. The molecule has 0 saturated carbocycles. The molecule has 7 heteroatoms. The van der Waals surface area contributed by atoms with E-state index in [0.717, 1.165) is 5.56 Å². The maximum absolute atomic E-state index is 5.95. The third-order valence-electron chi connectivity index (χ3n) is 4.83. The zero-order valence-corrected chi connectivity index (χ0v) is 15.4.